The van der Waals surface area contributed by atoms with Gasteiger partial charge in [0.2, 0.25) is 0 Å². The van der Waals surface area contributed by atoms with Gasteiger partial charge in [0, 0.05) is 22.5 Å². The van der Waals surface area contributed by atoms with Gasteiger partial charge in [0.05, 0.1) is 11.1 Å². The van der Waals surface area contributed by atoms with Crippen molar-refractivity contribution in [3.63, 3.8) is 0 Å². The van der Waals surface area contributed by atoms with Crippen LogP contribution < -0.4 is 5.32 Å². The molecule has 1 atom stereocenters. The maximum atomic E-state index is 13.4. The Morgan fingerprint density at radius 2 is 1.67 bits per heavy atom. The number of hydrogen-bond donors (Lipinski definition) is 1. The summed E-state index contributed by atoms with van der Waals surface area (Å²) in [5, 5.41) is 4.63. The SMILES string of the molecule is O=C(NC(Cc1ccccc1-c1ccccc1)c1cccnc1)c1sc2ccccc2c1Cl. The fraction of sp³-hybridized carbons (Fsp3) is 0.0714. The molecule has 5 heteroatoms. The molecular weight excluding hydrogens is 448 g/mol. The van der Waals surface area contributed by atoms with Gasteiger partial charge < -0.3 is 5.32 Å². The monoisotopic (exact) mass is 468 g/mol. The largest absolute Gasteiger partial charge is 0.344 e. The molecule has 1 N–H and O–H groups in total. The smallest absolute Gasteiger partial charge is 0.263 e. The van der Waals surface area contributed by atoms with Crippen LogP contribution in [0.3, 0.4) is 0 Å². The lowest BCUT2D eigenvalue weighted by Crippen LogP contribution is -2.29. The average molecular weight is 469 g/mol. The Hall–Kier alpha value is -3.47. The maximum Gasteiger partial charge on any atom is 0.263 e. The number of carbonyl (C=O) groups excluding carboxylic acids is 1. The van der Waals surface area contributed by atoms with Crippen molar-refractivity contribution in [3.8, 4) is 11.1 Å². The van der Waals surface area contributed by atoms with E-state index in [-0.39, 0.29) is 11.9 Å². The molecule has 33 heavy (non-hydrogen) atoms. The van der Waals surface area contributed by atoms with Crippen molar-refractivity contribution >= 4 is 38.9 Å². The van der Waals surface area contributed by atoms with Crippen LogP contribution in [0.5, 0.6) is 0 Å². The zero-order chi connectivity index (χ0) is 22.6. The third kappa shape index (κ3) is 4.54. The molecule has 0 bridgehead atoms. The second-order valence-electron chi connectivity index (χ2n) is 7.78. The lowest BCUT2D eigenvalue weighted by Gasteiger charge is -2.21. The van der Waals surface area contributed by atoms with E-state index in [2.05, 4.69) is 34.6 Å². The molecule has 0 aliphatic rings. The summed E-state index contributed by atoms with van der Waals surface area (Å²) in [7, 11) is 0. The normalized spacial score (nSPS) is 11.9. The fourth-order valence-electron chi connectivity index (χ4n) is 4.04. The van der Waals surface area contributed by atoms with E-state index in [1.807, 2.05) is 72.9 Å². The first-order chi connectivity index (χ1) is 16.2. The lowest BCUT2D eigenvalue weighted by molar-refractivity contribution is 0.0941. The van der Waals surface area contributed by atoms with Crippen LogP contribution in [0.4, 0.5) is 0 Å². The van der Waals surface area contributed by atoms with Gasteiger partial charge in [0.1, 0.15) is 4.88 Å². The average Bonchev–Trinajstić information content (AvgIpc) is 3.22. The number of thiophene rings is 1. The molecule has 3 aromatic carbocycles. The molecule has 2 aromatic heterocycles. The quantitative estimate of drug-likeness (QED) is 0.283. The van der Waals surface area contributed by atoms with Crippen molar-refractivity contribution < 1.29 is 4.79 Å². The Labute approximate surface area is 201 Å². The van der Waals surface area contributed by atoms with Crippen LogP contribution in [0.25, 0.3) is 21.2 Å². The Morgan fingerprint density at radius 3 is 2.45 bits per heavy atom. The van der Waals surface area contributed by atoms with Gasteiger partial charge in [-0.05, 0) is 40.8 Å². The van der Waals surface area contributed by atoms with Crippen molar-refractivity contribution in [2.75, 3.05) is 0 Å². The first kappa shape index (κ1) is 21.4. The zero-order valence-electron chi connectivity index (χ0n) is 17.7. The molecule has 0 fully saturated rings. The van der Waals surface area contributed by atoms with Crippen molar-refractivity contribution in [2.24, 2.45) is 0 Å². The zero-order valence-corrected chi connectivity index (χ0v) is 19.3. The topological polar surface area (TPSA) is 42.0 Å². The highest BCUT2D eigenvalue weighted by Gasteiger charge is 2.22. The highest BCUT2D eigenvalue weighted by atomic mass is 35.5. The Kier molecular flexibility index (Phi) is 6.20. The summed E-state index contributed by atoms with van der Waals surface area (Å²) in [6.07, 6.45) is 4.18. The van der Waals surface area contributed by atoms with Crippen molar-refractivity contribution in [2.45, 2.75) is 12.5 Å². The molecule has 5 rings (SSSR count). The predicted octanol–water partition coefficient (Wildman–Crippen LogP) is 7.33. The summed E-state index contributed by atoms with van der Waals surface area (Å²) in [6.45, 7) is 0. The molecule has 1 unspecified atom stereocenters. The third-order valence-electron chi connectivity index (χ3n) is 5.66. The second-order valence-corrected chi connectivity index (χ2v) is 9.21. The lowest BCUT2D eigenvalue weighted by atomic mass is 9.93. The Morgan fingerprint density at radius 1 is 0.909 bits per heavy atom. The van der Waals surface area contributed by atoms with Crippen LogP contribution >= 0.6 is 22.9 Å². The fourth-order valence-corrected chi connectivity index (χ4v) is 5.46. The molecular formula is C28H21ClN2OS. The van der Waals surface area contributed by atoms with E-state index in [0.717, 1.165) is 32.3 Å². The first-order valence-corrected chi connectivity index (χ1v) is 11.9. The predicted molar refractivity (Wildman–Crippen MR) is 137 cm³/mol. The van der Waals surface area contributed by atoms with E-state index in [9.17, 15) is 4.79 Å². The number of pyridine rings is 1. The molecule has 0 saturated heterocycles. The van der Waals surface area contributed by atoms with E-state index in [1.54, 1.807) is 6.20 Å². The number of fused-ring (bicyclic) bond motifs is 1. The number of aromatic nitrogens is 1. The molecule has 0 radical (unpaired) electrons. The Balaban J connectivity index is 1.49. The summed E-state index contributed by atoms with van der Waals surface area (Å²) in [6, 6.07) is 30.1. The summed E-state index contributed by atoms with van der Waals surface area (Å²) < 4.78 is 1.00. The van der Waals surface area contributed by atoms with Crippen LogP contribution in [0.15, 0.2) is 103 Å². The van der Waals surface area contributed by atoms with Crippen LogP contribution in [-0.2, 0) is 6.42 Å². The summed E-state index contributed by atoms with van der Waals surface area (Å²) >= 11 is 8.00. The van der Waals surface area contributed by atoms with Gasteiger partial charge in [-0.3, -0.25) is 9.78 Å². The van der Waals surface area contributed by atoms with E-state index >= 15 is 0 Å². The van der Waals surface area contributed by atoms with Gasteiger partial charge >= 0.3 is 0 Å². The van der Waals surface area contributed by atoms with Crippen LogP contribution in [-0.4, -0.2) is 10.9 Å². The summed E-state index contributed by atoms with van der Waals surface area (Å²) in [5.74, 6) is -0.174. The maximum absolute atomic E-state index is 13.4. The minimum atomic E-state index is -0.252. The third-order valence-corrected chi connectivity index (χ3v) is 7.33. The van der Waals surface area contributed by atoms with E-state index in [0.29, 0.717) is 16.3 Å². The highest BCUT2D eigenvalue weighted by molar-refractivity contribution is 7.21. The number of hydrogen-bond acceptors (Lipinski definition) is 3. The van der Waals surface area contributed by atoms with E-state index < -0.39 is 0 Å². The number of amides is 1. The molecule has 0 aliphatic heterocycles. The summed E-state index contributed by atoms with van der Waals surface area (Å²) in [4.78, 5) is 18.2. The molecule has 162 valence electrons. The molecule has 5 aromatic rings. The molecule has 0 saturated carbocycles. The van der Waals surface area contributed by atoms with Crippen molar-refractivity contribution in [1.82, 2.24) is 10.3 Å². The number of halogens is 1. The van der Waals surface area contributed by atoms with Crippen molar-refractivity contribution in [1.29, 1.82) is 0 Å². The van der Waals surface area contributed by atoms with Gasteiger partial charge in [-0.15, -0.1) is 11.3 Å². The highest BCUT2D eigenvalue weighted by Crippen LogP contribution is 2.36. The second kappa shape index (κ2) is 9.57. The van der Waals surface area contributed by atoms with Gasteiger partial charge in [-0.2, -0.15) is 0 Å². The molecule has 0 aliphatic carbocycles. The standard InChI is InChI=1S/C28H21ClN2OS/c29-26-23-14-6-7-15-25(23)33-27(26)28(32)31-24(21-12-8-16-30-18-21)17-20-11-4-5-13-22(20)19-9-2-1-3-10-19/h1-16,18,24H,17H2,(H,31,32). The molecule has 3 nitrogen and oxygen atoms in total. The summed E-state index contributed by atoms with van der Waals surface area (Å²) in [5.41, 5.74) is 4.41. The number of nitrogens with one attached hydrogen (secondary N) is 1. The molecule has 0 spiro atoms. The van der Waals surface area contributed by atoms with Gasteiger partial charge in [0.15, 0.2) is 0 Å². The first-order valence-electron chi connectivity index (χ1n) is 10.7. The van der Waals surface area contributed by atoms with Crippen LogP contribution in [0.2, 0.25) is 5.02 Å². The number of rotatable bonds is 6. The van der Waals surface area contributed by atoms with E-state index in [1.165, 1.54) is 11.3 Å². The minimum absolute atomic E-state index is 0.174. The molecule has 1 amide bonds. The number of carbonyl (C=O) groups is 1. The minimum Gasteiger partial charge on any atom is -0.344 e. The van der Waals surface area contributed by atoms with Crippen LogP contribution in [0.1, 0.15) is 26.8 Å². The number of nitrogens with zero attached hydrogens (tertiary/aromatic N) is 1. The van der Waals surface area contributed by atoms with Crippen LogP contribution in [0, 0.1) is 0 Å². The Bertz CT molecular complexity index is 1400. The van der Waals surface area contributed by atoms with Gasteiger partial charge in [-0.25, -0.2) is 0 Å². The van der Waals surface area contributed by atoms with E-state index in [4.69, 9.17) is 11.6 Å². The van der Waals surface area contributed by atoms with Crippen molar-refractivity contribution in [3.05, 3.63) is 124 Å². The van der Waals surface area contributed by atoms with Gasteiger partial charge in [0.25, 0.3) is 5.91 Å². The molecule has 2 heterocycles. The number of benzene rings is 3. The van der Waals surface area contributed by atoms with Gasteiger partial charge in [-0.1, -0.05) is 90.5 Å².